The molecule has 0 saturated carbocycles. The monoisotopic (exact) mass is 376 g/mol. The highest BCUT2D eigenvalue weighted by Gasteiger charge is 2.26. The van der Waals surface area contributed by atoms with Crippen molar-refractivity contribution < 1.29 is 4.79 Å². The number of nitrogens with one attached hydrogen (secondary N) is 1. The standard InChI is InChI=1S/C23H28N4O/c1-3-12-23(2,24)22(28)26-15-20-6-4-5-7-21(20)19-10-8-18(9-11-19)16-27-14-13-25-17-27/h4-11,13-14,17H,3,12,15-16,24H2,1-2H3,(H,26,28). The Morgan fingerprint density at radius 1 is 1.18 bits per heavy atom. The van der Waals surface area contributed by atoms with Crippen molar-refractivity contribution in [2.75, 3.05) is 0 Å². The van der Waals surface area contributed by atoms with Crippen molar-refractivity contribution in [3.05, 3.63) is 78.4 Å². The summed E-state index contributed by atoms with van der Waals surface area (Å²) in [5, 5.41) is 3.00. The van der Waals surface area contributed by atoms with Gasteiger partial charge in [-0.15, -0.1) is 0 Å². The molecule has 0 fully saturated rings. The second-order valence-electron chi connectivity index (χ2n) is 7.44. The minimum absolute atomic E-state index is 0.111. The van der Waals surface area contributed by atoms with Gasteiger partial charge in [-0.2, -0.15) is 0 Å². The molecule has 1 unspecified atom stereocenters. The van der Waals surface area contributed by atoms with Gasteiger partial charge in [-0.1, -0.05) is 61.9 Å². The highest BCUT2D eigenvalue weighted by Crippen LogP contribution is 2.24. The minimum atomic E-state index is -0.835. The molecule has 0 aliphatic carbocycles. The van der Waals surface area contributed by atoms with Crippen molar-refractivity contribution >= 4 is 5.91 Å². The molecule has 3 N–H and O–H groups in total. The molecule has 146 valence electrons. The zero-order valence-electron chi connectivity index (χ0n) is 16.6. The third-order valence-corrected chi connectivity index (χ3v) is 4.93. The first kappa shape index (κ1) is 19.8. The number of carbonyl (C=O) groups is 1. The van der Waals surface area contributed by atoms with E-state index < -0.39 is 5.54 Å². The van der Waals surface area contributed by atoms with E-state index in [4.69, 9.17) is 5.73 Å². The number of nitrogens with zero attached hydrogens (tertiary/aromatic N) is 2. The highest BCUT2D eigenvalue weighted by atomic mass is 16.2. The summed E-state index contributed by atoms with van der Waals surface area (Å²) in [4.78, 5) is 16.5. The van der Waals surface area contributed by atoms with E-state index in [1.807, 2.05) is 42.2 Å². The molecule has 28 heavy (non-hydrogen) atoms. The van der Waals surface area contributed by atoms with E-state index in [1.54, 1.807) is 13.1 Å². The highest BCUT2D eigenvalue weighted by molar-refractivity contribution is 5.85. The van der Waals surface area contributed by atoms with E-state index in [9.17, 15) is 4.79 Å². The second kappa shape index (κ2) is 8.85. The number of benzene rings is 2. The van der Waals surface area contributed by atoms with Crippen LogP contribution in [0.25, 0.3) is 11.1 Å². The van der Waals surface area contributed by atoms with Gasteiger partial charge in [-0.3, -0.25) is 4.79 Å². The van der Waals surface area contributed by atoms with Gasteiger partial charge in [0.15, 0.2) is 0 Å². The Morgan fingerprint density at radius 2 is 1.93 bits per heavy atom. The topological polar surface area (TPSA) is 72.9 Å². The van der Waals surface area contributed by atoms with Crippen LogP contribution in [0.2, 0.25) is 0 Å². The van der Waals surface area contributed by atoms with Gasteiger partial charge >= 0.3 is 0 Å². The maximum absolute atomic E-state index is 12.4. The lowest BCUT2D eigenvalue weighted by atomic mass is 9.95. The third-order valence-electron chi connectivity index (χ3n) is 4.93. The van der Waals surface area contributed by atoms with Crippen LogP contribution in [-0.2, 0) is 17.9 Å². The third kappa shape index (κ3) is 4.87. The Labute approximate surface area is 166 Å². The van der Waals surface area contributed by atoms with Crippen LogP contribution in [0.5, 0.6) is 0 Å². The van der Waals surface area contributed by atoms with E-state index >= 15 is 0 Å². The molecule has 0 aliphatic rings. The van der Waals surface area contributed by atoms with Gasteiger partial charge in [-0.05, 0) is 35.6 Å². The van der Waals surface area contributed by atoms with E-state index in [-0.39, 0.29) is 5.91 Å². The van der Waals surface area contributed by atoms with E-state index in [0.717, 1.165) is 29.7 Å². The van der Waals surface area contributed by atoms with Crippen LogP contribution >= 0.6 is 0 Å². The number of hydrogen-bond acceptors (Lipinski definition) is 3. The summed E-state index contributed by atoms with van der Waals surface area (Å²) in [5.74, 6) is -0.111. The number of carbonyl (C=O) groups excluding carboxylic acids is 1. The van der Waals surface area contributed by atoms with Gasteiger partial charge in [-0.25, -0.2) is 4.98 Å². The molecule has 2 aromatic carbocycles. The second-order valence-corrected chi connectivity index (χ2v) is 7.44. The molecule has 0 aliphatic heterocycles. The van der Waals surface area contributed by atoms with Crippen LogP contribution in [0.15, 0.2) is 67.3 Å². The summed E-state index contributed by atoms with van der Waals surface area (Å²) < 4.78 is 2.04. The molecule has 1 atom stereocenters. The van der Waals surface area contributed by atoms with Crippen molar-refractivity contribution in [1.29, 1.82) is 0 Å². The molecule has 1 aromatic heterocycles. The molecular weight excluding hydrogens is 348 g/mol. The molecule has 5 nitrogen and oxygen atoms in total. The zero-order valence-corrected chi connectivity index (χ0v) is 16.6. The Kier molecular flexibility index (Phi) is 6.26. The Balaban J connectivity index is 1.72. The smallest absolute Gasteiger partial charge is 0.240 e. The predicted molar refractivity (Wildman–Crippen MR) is 113 cm³/mol. The fourth-order valence-corrected chi connectivity index (χ4v) is 3.35. The van der Waals surface area contributed by atoms with Crippen LogP contribution in [0.3, 0.4) is 0 Å². The van der Waals surface area contributed by atoms with E-state index in [0.29, 0.717) is 13.0 Å². The SMILES string of the molecule is CCCC(C)(N)C(=O)NCc1ccccc1-c1ccc(Cn2ccnc2)cc1. The lowest BCUT2D eigenvalue weighted by Gasteiger charge is -2.23. The number of amides is 1. The van der Waals surface area contributed by atoms with Gasteiger partial charge in [0, 0.05) is 25.5 Å². The molecule has 0 bridgehead atoms. The van der Waals surface area contributed by atoms with Crippen LogP contribution in [0.4, 0.5) is 0 Å². The fourth-order valence-electron chi connectivity index (χ4n) is 3.35. The number of rotatable bonds is 8. The fraction of sp³-hybridized carbons (Fsp3) is 0.304. The van der Waals surface area contributed by atoms with Crippen molar-refractivity contribution in [3.63, 3.8) is 0 Å². The molecule has 3 aromatic rings. The van der Waals surface area contributed by atoms with Crippen molar-refractivity contribution in [2.45, 2.75) is 45.3 Å². The van der Waals surface area contributed by atoms with Crippen LogP contribution in [0.1, 0.15) is 37.8 Å². The molecule has 3 rings (SSSR count). The first-order valence-corrected chi connectivity index (χ1v) is 9.70. The Hall–Kier alpha value is -2.92. The summed E-state index contributed by atoms with van der Waals surface area (Å²) in [6.07, 6.45) is 7.10. The lowest BCUT2D eigenvalue weighted by molar-refractivity contribution is -0.126. The summed E-state index contributed by atoms with van der Waals surface area (Å²) in [5.41, 5.74) is 9.84. The van der Waals surface area contributed by atoms with E-state index in [2.05, 4.69) is 40.6 Å². The first-order valence-electron chi connectivity index (χ1n) is 9.70. The summed E-state index contributed by atoms with van der Waals surface area (Å²) >= 11 is 0. The molecule has 1 amide bonds. The number of aromatic nitrogens is 2. The summed E-state index contributed by atoms with van der Waals surface area (Å²) in [7, 11) is 0. The van der Waals surface area contributed by atoms with Gasteiger partial charge in [0.05, 0.1) is 11.9 Å². The maximum Gasteiger partial charge on any atom is 0.240 e. The average molecular weight is 377 g/mol. The maximum atomic E-state index is 12.4. The van der Waals surface area contributed by atoms with E-state index in [1.165, 1.54) is 5.56 Å². The first-order chi connectivity index (χ1) is 13.5. The average Bonchev–Trinajstić information content (AvgIpc) is 3.20. The Bertz CT molecular complexity index is 899. The van der Waals surface area contributed by atoms with Crippen molar-refractivity contribution in [1.82, 2.24) is 14.9 Å². The molecule has 0 saturated heterocycles. The summed E-state index contributed by atoms with van der Waals surface area (Å²) in [6.45, 7) is 5.08. The molecule has 0 radical (unpaired) electrons. The summed E-state index contributed by atoms with van der Waals surface area (Å²) in [6, 6.07) is 16.6. The largest absolute Gasteiger partial charge is 0.350 e. The Morgan fingerprint density at radius 3 is 2.61 bits per heavy atom. The van der Waals surface area contributed by atoms with Crippen LogP contribution in [-0.4, -0.2) is 21.0 Å². The van der Waals surface area contributed by atoms with Crippen LogP contribution in [0, 0.1) is 0 Å². The minimum Gasteiger partial charge on any atom is -0.350 e. The molecular formula is C23H28N4O. The number of imidazole rings is 1. The quantitative estimate of drug-likeness (QED) is 0.629. The zero-order chi connectivity index (χ0) is 20.0. The van der Waals surface area contributed by atoms with Crippen LogP contribution < -0.4 is 11.1 Å². The predicted octanol–water partition coefficient (Wildman–Crippen LogP) is 3.73. The lowest BCUT2D eigenvalue weighted by Crippen LogP contribution is -2.51. The van der Waals surface area contributed by atoms with Crippen molar-refractivity contribution in [3.8, 4) is 11.1 Å². The molecule has 0 spiro atoms. The normalized spacial score (nSPS) is 13.1. The van der Waals surface area contributed by atoms with Crippen molar-refractivity contribution in [2.24, 2.45) is 5.73 Å². The van der Waals surface area contributed by atoms with Gasteiger partial charge in [0.2, 0.25) is 5.91 Å². The van der Waals surface area contributed by atoms with Gasteiger partial charge < -0.3 is 15.6 Å². The van der Waals surface area contributed by atoms with Gasteiger partial charge in [0.1, 0.15) is 0 Å². The molecule has 1 heterocycles. The van der Waals surface area contributed by atoms with Gasteiger partial charge in [0.25, 0.3) is 0 Å². The molecule has 5 heteroatoms. The number of nitrogens with two attached hydrogens (primary N) is 1. The number of hydrogen-bond donors (Lipinski definition) is 2.